The summed E-state index contributed by atoms with van der Waals surface area (Å²) in [6, 6.07) is 21.0. The Morgan fingerprint density at radius 1 is 1.05 bits per heavy atom. The third kappa shape index (κ3) is 4.09. The number of hydrogen-bond acceptors (Lipinski definition) is 6. The van der Waals surface area contributed by atoms with Crippen LogP contribution in [0.5, 0.6) is 0 Å². The van der Waals surface area contributed by atoms with Gasteiger partial charge in [-0.3, -0.25) is 0 Å². The molecule has 0 saturated heterocycles. The van der Waals surface area contributed by atoms with Gasteiger partial charge >= 0.3 is 0 Å². The molecule has 0 amide bonds. The summed E-state index contributed by atoms with van der Waals surface area (Å²) in [5, 5.41) is 13.0. The van der Waals surface area contributed by atoms with Crippen LogP contribution in [0.1, 0.15) is 26.8 Å². The van der Waals surface area contributed by atoms with Crippen LogP contribution in [0.2, 0.25) is 5.04 Å². The zero-order valence-corrected chi connectivity index (χ0v) is 23.2. The fraction of sp³-hybridized carbons (Fsp3) is 0.300. The number of allylic oxidation sites excluding steroid dienone is 1. The predicted octanol–water partition coefficient (Wildman–Crippen LogP) is 3.88. The number of anilines is 1. The average Bonchev–Trinajstić information content (AvgIpc) is 3.52. The van der Waals surface area contributed by atoms with Gasteiger partial charge < -0.3 is 19.8 Å². The highest BCUT2D eigenvalue weighted by atomic mass is 28.4. The number of nitrogens with zero attached hydrogens (tertiary/aromatic N) is 4. The summed E-state index contributed by atoms with van der Waals surface area (Å²) >= 11 is 0. The first-order valence-corrected chi connectivity index (χ1v) is 14.8. The number of benzene rings is 2. The van der Waals surface area contributed by atoms with E-state index in [4.69, 9.17) is 10.2 Å². The summed E-state index contributed by atoms with van der Waals surface area (Å²) < 4.78 is 9.24. The largest absolute Gasteiger partial charge is 0.406 e. The van der Waals surface area contributed by atoms with Crippen molar-refractivity contribution in [1.29, 1.82) is 0 Å². The van der Waals surface area contributed by atoms with Gasteiger partial charge in [0.15, 0.2) is 11.5 Å². The van der Waals surface area contributed by atoms with Gasteiger partial charge in [-0.15, -0.1) is 6.58 Å². The molecule has 0 aliphatic heterocycles. The molecule has 2 aromatic carbocycles. The maximum absolute atomic E-state index is 10.7. The van der Waals surface area contributed by atoms with Crippen LogP contribution < -0.4 is 16.1 Å². The number of aliphatic hydroxyl groups excluding tert-OH is 1. The van der Waals surface area contributed by atoms with Crippen LogP contribution >= 0.6 is 0 Å². The van der Waals surface area contributed by atoms with E-state index in [-0.39, 0.29) is 23.6 Å². The van der Waals surface area contributed by atoms with Gasteiger partial charge in [-0.1, -0.05) is 99.7 Å². The molecule has 2 aromatic heterocycles. The number of nitrogen functional groups attached to an aromatic ring is 1. The van der Waals surface area contributed by atoms with Crippen LogP contribution in [0.15, 0.2) is 98.1 Å². The standard InChI is InChI=1S/C30H35N5O2Si/c1-5-30(17-16-25(24(30)18-36)35-21-34-26-27(31)32-20-33-28(26)35)19-37-38(29(2,3)4,22-12-8-6-9-13-22)23-14-10-7-11-15-23/h5-17,20-21,24-25,36H,1,18-19H2,2-4H3,(H2,31,32,33)/t24-,25+,30+/m0/s1. The summed E-state index contributed by atoms with van der Waals surface area (Å²) in [5.41, 5.74) is 6.63. The van der Waals surface area contributed by atoms with E-state index in [0.717, 1.165) is 0 Å². The molecule has 0 bridgehead atoms. The molecule has 2 heterocycles. The fourth-order valence-corrected chi connectivity index (χ4v) is 10.6. The smallest absolute Gasteiger partial charge is 0.261 e. The van der Waals surface area contributed by atoms with Gasteiger partial charge in [0, 0.05) is 24.5 Å². The Hall–Kier alpha value is -3.59. The molecule has 8 heteroatoms. The minimum absolute atomic E-state index is 0.0615. The molecule has 0 unspecified atom stereocenters. The van der Waals surface area contributed by atoms with Crippen molar-refractivity contribution >= 4 is 35.7 Å². The van der Waals surface area contributed by atoms with Crippen molar-refractivity contribution in [3.05, 3.63) is 98.1 Å². The van der Waals surface area contributed by atoms with Gasteiger partial charge in [0.2, 0.25) is 0 Å². The second-order valence-electron chi connectivity index (χ2n) is 11.0. The maximum Gasteiger partial charge on any atom is 0.261 e. The Kier molecular flexibility index (Phi) is 6.81. The Morgan fingerprint density at radius 3 is 2.24 bits per heavy atom. The molecule has 38 heavy (non-hydrogen) atoms. The van der Waals surface area contributed by atoms with Crippen LogP contribution in [0.25, 0.3) is 11.2 Å². The van der Waals surface area contributed by atoms with E-state index in [9.17, 15) is 5.11 Å². The van der Waals surface area contributed by atoms with E-state index in [1.165, 1.54) is 16.7 Å². The highest BCUT2D eigenvalue weighted by Gasteiger charge is 2.53. The summed E-state index contributed by atoms with van der Waals surface area (Å²) in [6.45, 7) is 11.3. The first kappa shape index (κ1) is 26.0. The molecule has 196 valence electrons. The predicted molar refractivity (Wildman–Crippen MR) is 155 cm³/mol. The quantitative estimate of drug-likeness (QED) is 0.268. The third-order valence-corrected chi connectivity index (χ3v) is 12.9. The molecule has 3 N–H and O–H groups in total. The lowest BCUT2D eigenvalue weighted by Gasteiger charge is -2.45. The molecule has 7 nitrogen and oxygen atoms in total. The Balaban J connectivity index is 1.56. The number of hydrogen-bond donors (Lipinski definition) is 2. The van der Waals surface area contributed by atoms with Crippen molar-refractivity contribution in [1.82, 2.24) is 19.5 Å². The van der Waals surface area contributed by atoms with Crippen LogP contribution in [0, 0.1) is 11.3 Å². The zero-order chi connectivity index (χ0) is 27.0. The normalized spacial score (nSPS) is 21.7. The highest BCUT2D eigenvalue weighted by molar-refractivity contribution is 6.99. The van der Waals surface area contributed by atoms with Crippen molar-refractivity contribution in [3.8, 4) is 0 Å². The molecule has 0 spiro atoms. The third-order valence-electron chi connectivity index (χ3n) is 7.95. The molecule has 0 fully saturated rings. The van der Waals surface area contributed by atoms with E-state index in [1.807, 2.05) is 22.8 Å². The Bertz CT molecular complexity index is 1410. The number of nitrogens with two attached hydrogens (primary N) is 1. The monoisotopic (exact) mass is 525 g/mol. The molecule has 1 aliphatic carbocycles. The van der Waals surface area contributed by atoms with Crippen LogP contribution in [-0.4, -0.2) is 46.2 Å². The van der Waals surface area contributed by atoms with Gasteiger partial charge in [-0.2, -0.15) is 0 Å². The fourth-order valence-electron chi connectivity index (χ4n) is 5.93. The number of aromatic nitrogens is 4. The van der Waals surface area contributed by atoms with Gasteiger partial charge in [0.05, 0.1) is 12.4 Å². The molecule has 0 radical (unpaired) electrons. The van der Waals surface area contributed by atoms with Crippen molar-refractivity contribution in [2.45, 2.75) is 31.9 Å². The molecule has 1 aliphatic rings. The SMILES string of the molecule is C=C[C@]1(CO[Si](c2ccccc2)(c2ccccc2)C(C)(C)C)C=C[C@@H](n2cnc3c(N)ncnc32)[C@@H]1CO. The first-order valence-electron chi connectivity index (χ1n) is 12.9. The second-order valence-corrected chi connectivity index (χ2v) is 15.3. The Labute approximate surface area is 224 Å². The first-order chi connectivity index (χ1) is 18.3. The van der Waals surface area contributed by atoms with E-state index in [1.54, 1.807) is 6.33 Å². The summed E-state index contributed by atoms with van der Waals surface area (Å²) in [4.78, 5) is 12.9. The van der Waals surface area contributed by atoms with Crippen molar-refractivity contribution < 1.29 is 9.53 Å². The molecule has 4 aromatic rings. The van der Waals surface area contributed by atoms with Crippen molar-refractivity contribution in [2.24, 2.45) is 11.3 Å². The number of rotatable bonds is 8. The summed E-state index contributed by atoms with van der Waals surface area (Å²) in [6.07, 6.45) is 9.30. The lowest BCUT2D eigenvalue weighted by molar-refractivity contribution is 0.0946. The van der Waals surface area contributed by atoms with Gasteiger partial charge in [-0.05, 0) is 15.4 Å². The van der Waals surface area contributed by atoms with Crippen molar-refractivity contribution in [3.63, 3.8) is 0 Å². The number of aliphatic hydroxyl groups is 1. The average molecular weight is 526 g/mol. The van der Waals surface area contributed by atoms with Gasteiger partial charge in [0.25, 0.3) is 8.32 Å². The van der Waals surface area contributed by atoms with E-state index in [0.29, 0.717) is 23.6 Å². The second kappa shape index (κ2) is 9.94. The maximum atomic E-state index is 10.7. The summed E-state index contributed by atoms with van der Waals surface area (Å²) in [5.74, 6) is 0.105. The highest BCUT2D eigenvalue weighted by Crippen LogP contribution is 2.47. The molecule has 5 rings (SSSR count). The van der Waals surface area contributed by atoms with E-state index in [2.05, 4.69) is 103 Å². The summed E-state index contributed by atoms with van der Waals surface area (Å²) in [7, 11) is -2.78. The lowest BCUT2D eigenvalue weighted by atomic mass is 9.78. The zero-order valence-electron chi connectivity index (χ0n) is 22.2. The van der Waals surface area contributed by atoms with Crippen molar-refractivity contribution in [2.75, 3.05) is 18.9 Å². The minimum atomic E-state index is -2.78. The number of fused-ring (bicyclic) bond motifs is 1. The molecular weight excluding hydrogens is 490 g/mol. The molecule has 0 saturated carbocycles. The van der Waals surface area contributed by atoms with Gasteiger partial charge in [-0.25, -0.2) is 15.0 Å². The number of imidazole rings is 1. The van der Waals surface area contributed by atoms with Crippen LogP contribution in [0.4, 0.5) is 5.82 Å². The Morgan fingerprint density at radius 2 is 1.68 bits per heavy atom. The topological polar surface area (TPSA) is 99.1 Å². The minimum Gasteiger partial charge on any atom is -0.406 e. The lowest BCUT2D eigenvalue weighted by Crippen LogP contribution is -2.67. The van der Waals surface area contributed by atoms with Gasteiger partial charge in [0.1, 0.15) is 11.8 Å². The van der Waals surface area contributed by atoms with Crippen LogP contribution in [0.3, 0.4) is 0 Å². The van der Waals surface area contributed by atoms with E-state index >= 15 is 0 Å². The molecular formula is C30H35N5O2Si. The molecule has 3 atom stereocenters. The van der Waals surface area contributed by atoms with Crippen LogP contribution in [-0.2, 0) is 4.43 Å². The van der Waals surface area contributed by atoms with E-state index < -0.39 is 13.7 Å².